The van der Waals surface area contributed by atoms with Crippen LogP contribution in [0.4, 0.5) is 0 Å². The number of rotatable bonds is 42. The molecule has 32 heteroatoms. The van der Waals surface area contributed by atoms with Crippen LogP contribution in [0.5, 0.6) is 0 Å². The van der Waals surface area contributed by atoms with Crippen LogP contribution < -0.4 is 82.7 Å². The van der Waals surface area contributed by atoms with Gasteiger partial charge >= 0.3 is 0 Å². The van der Waals surface area contributed by atoms with Gasteiger partial charge in [0.25, 0.3) is 0 Å². The SMILES string of the molecule is CSCC[C@H](NC(=O)[C@@H](CC(C)C)NC(=O)CNC(=O)[C@H](Cc1ccccc1)NC(=O)[C@H](Cc1ccccc1)NC(=O)[C@H](CCC(N)=O)NC(=O)[C@H](CCC(N)=O)NC(=O)[C@H]1CCCN1C(=O)[C@H](CCCCN)NC(=O)[C@H]1CCCN1C(=O)[C@H](N)CCCN=C(N)N)C(N)=O. The highest BCUT2D eigenvalue weighted by Crippen LogP contribution is 2.24. The molecule has 2 aromatic rings. The van der Waals surface area contributed by atoms with Crippen molar-refractivity contribution >= 4 is 94.5 Å². The molecule has 0 aromatic heterocycles. The molecule has 2 heterocycles. The predicted molar refractivity (Wildman–Crippen MR) is 356 cm³/mol. The Kier molecular flexibility index (Phi) is 33.9. The second kappa shape index (κ2) is 41.0. The second-order valence-corrected chi connectivity index (χ2v) is 25.1. The zero-order chi connectivity index (χ0) is 70.1. The van der Waals surface area contributed by atoms with Gasteiger partial charge in [0, 0.05) is 45.3 Å². The first-order valence-electron chi connectivity index (χ1n) is 32.2. The topological polar surface area (TPSA) is 519 Å². The van der Waals surface area contributed by atoms with E-state index in [1.54, 1.807) is 60.7 Å². The fourth-order valence-corrected chi connectivity index (χ4v) is 11.5. The number of unbranched alkanes of at least 4 members (excludes halogenated alkanes) is 1. The highest BCUT2D eigenvalue weighted by atomic mass is 32.2. The van der Waals surface area contributed by atoms with Crippen molar-refractivity contribution in [1.29, 1.82) is 0 Å². The quantitative estimate of drug-likeness (QED) is 0.0173. The monoisotopic (exact) mass is 1350 g/mol. The van der Waals surface area contributed by atoms with E-state index in [4.69, 9.17) is 40.1 Å². The van der Waals surface area contributed by atoms with E-state index >= 15 is 0 Å². The zero-order valence-corrected chi connectivity index (χ0v) is 55.3. The van der Waals surface area contributed by atoms with Gasteiger partial charge in [-0.25, -0.2) is 0 Å². The number of aliphatic imine (C=N–C) groups is 1. The summed E-state index contributed by atoms with van der Waals surface area (Å²) in [5.74, 6) is -9.80. The summed E-state index contributed by atoms with van der Waals surface area (Å²) < 4.78 is 0. The van der Waals surface area contributed by atoms with Crippen LogP contribution in [0, 0.1) is 5.92 Å². The van der Waals surface area contributed by atoms with Crippen molar-refractivity contribution in [2.24, 2.45) is 51.0 Å². The van der Waals surface area contributed by atoms with Crippen molar-refractivity contribution in [2.75, 3.05) is 44.7 Å². The third-order valence-electron chi connectivity index (χ3n) is 16.0. The van der Waals surface area contributed by atoms with Gasteiger partial charge in [0.1, 0.15) is 54.4 Å². The molecule has 0 saturated carbocycles. The molecular weight excluding hydrogens is 1250 g/mol. The Bertz CT molecular complexity index is 2960. The van der Waals surface area contributed by atoms with E-state index in [2.05, 4.69) is 47.5 Å². The van der Waals surface area contributed by atoms with Crippen molar-refractivity contribution in [3.63, 3.8) is 0 Å². The van der Waals surface area contributed by atoms with Crippen LogP contribution in [-0.2, 0) is 75.2 Å². The molecule has 4 rings (SSSR count). The van der Waals surface area contributed by atoms with Gasteiger partial charge in [-0.3, -0.25) is 67.3 Å². The maximum atomic E-state index is 14.7. The molecule has 0 spiro atoms. The molecule has 0 radical (unpaired) electrons. The van der Waals surface area contributed by atoms with Crippen LogP contribution in [0.15, 0.2) is 65.7 Å². The number of nitrogens with two attached hydrogens (primary N) is 7. The van der Waals surface area contributed by atoms with E-state index in [0.29, 0.717) is 55.4 Å². The Labute approximate surface area is 558 Å². The maximum absolute atomic E-state index is 14.7. The third-order valence-corrected chi connectivity index (χ3v) is 16.7. The van der Waals surface area contributed by atoms with Gasteiger partial charge in [0.2, 0.25) is 76.8 Å². The molecule has 2 saturated heterocycles. The van der Waals surface area contributed by atoms with Gasteiger partial charge in [0.05, 0.1) is 12.6 Å². The first-order chi connectivity index (χ1) is 45.2. The van der Waals surface area contributed by atoms with Gasteiger partial charge in [-0.2, -0.15) is 11.8 Å². The Morgan fingerprint density at radius 2 is 1.01 bits per heavy atom. The van der Waals surface area contributed by atoms with Gasteiger partial charge in [-0.05, 0) is 119 Å². The molecule has 2 aliphatic heterocycles. The van der Waals surface area contributed by atoms with E-state index < -0.39 is 169 Å². The Hall–Kier alpha value is -8.91. The second-order valence-electron chi connectivity index (χ2n) is 24.1. The number of carbonyl (C=O) groups excluding carboxylic acids is 13. The number of primary amides is 3. The molecule has 10 atom stereocenters. The van der Waals surface area contributed by atoms with Gasteiger partial charge in [0.15, 0.2) is 5.96 Å². The van der Waals surface area contributed by atoms with Crippen LogP contribution in [0.25, 0.3) is 0 Å². The fraction of sp³-hybridized carbons (Fsp3) is 0.587. The third kappa shape index (κ3) is 27.5. The molecule has 0 aliphatic carbocycles. The molecule has 31 nitrogen and oxygen atoms in total. The van der Waals surface area contributed by atoms with E-state index in [9.17, 15) is 62.3 Å². The number of carbonyl (C=O) groups is 13. The van der Waals surface area contributed by atoms with E-state index in [-0.39, 0.29) is 83.0 Å². The zero-order valence-electron chi connectivity index (χ0n) is 54.5. The lowest BCUT2D eigenvalue weighted by Gasteiger charge is -2.32. The summed E-state index contributed by atoms with van der Waals surface area (Å²) in [6.07, 6.45) is 3.12. The standard InChI is InChI=1S/C63H98N18O13S/c1-37(2)33-45(57(89)74-41(53(68)85)27-32-95-3)73-52(84)36-72-54(86)46(34-38-15-6-4-7-16-38)78-58(90)47(35-39-17-8-5-9-18-39)79-56(88)42(23-25-50(66)82)75-55(87)43(24-26-51(67)83)76-59(91)49-22-14-31-81(49)62(94)44(20-10-11-28-64)77-60(92)48-21-13-30-80(48)61(93)40(65)19-12-29-71-63(69)70/h4-9,15-18,37,40-49H,10-14,19-36,64-65H2,1-3H3,(H2,66,82)(H2,67,83)(H2,68,85)(H,72,86)(H,73,84)(H,74,89)(H,75,87)(H,76,91)(H,77,92)(H,78,90)(H,79,88)(H4,69,70,71)/t40-,41+,42+,43+,44+,45-,46+,47+,48-,49-/m1/s1. The lowest BCUT2D eigenvalue weighted by atomic mass is 10.0. The number of hydrogen-bond acceptors (Lipinski definition) is 17. The minimum absolute atomic E-state index is 0.0736. The van der Waals surface area contributed by atoms with Crippen molar-refractivity contribution in [3.8, 4) is 0 Å². The predicted octanol–water partition coefficient (Wildman–Crippen LogP) is -3.71. The maximum Gasteiger partial charge on any atom is 0.245 e. The van der Waals surface area contributed by atoms with Gasteiger partial charge in [-0.15, -0.1) is 0 Å². The van der Waals surface area contributed by atoms with Crippen LogP contribution in [0.2, 0.25) is 0 Å². The van der Waals surface area contributed by atoms with E-state index in [0.717, 1.165) is 0 Å². The number of hydrogen-bond donors (Lipinski definition) is 15. The number of thioether (sulfide) groups is 1. The summed E-state index contributed by atoms with van der Waals surface area (Å²) in [4.78, 5) is 185. The molecule has 2 aliphatic rings. The van der Waals surface area contributed by atoms with E-state index in [1.807, 2.05) is 20.1 Å². The molecule has 2 fully saturated rings. The summed E-state index contributed by atoms with van der Waals surface area (Å²) in [5, 5.41) is 21.1. The largest absolute Gasteiger partial charge is 0.370 e. The van der Waals surface area contributed by atoms with Gasteiger partial charge in [-0.1, -0.05) is 74.5 Å². The van der Waals surface area contributed by atoms with Crippen molar-refractivity contribution in [3.05, 3.63) is 71.8 Å². The fourth-order valence-electron chi connectivity index (χ4n) is 11.0. The van der Waals surface area contributed by atoms with Crippen molar-refractivity contribution < 1.29 is 62.3 Å². The van der Waals surface area contributed by atoms with Crippen LogP contribution in [-0.4, -0.2) is 198 Å². The summed E-state index contributed by atoms with van der Waals surface area (Å²) in [5.41, 5.74) is 40.6. The average molecular weight is 1350 g/mol. The average Bonchev–Trinajstić information content (AvgIpc) is 1.74. The molecule has 22 N–H and O–H groups in total. The molecule has 0 bridgehead atoms. The number of guanidine groups is 1. The number of likely N-dealkylation sites (tertiary alicyclic amines) is 2. The molecule has 95 heavy (non-hydrogen) atoms. The van der Waals surface area contributed by atoms with Crippen LogP contribution in [0.1, 0.15) is 121 Å². The van der Waals surface area contributed by atoms with Crippen LogP contribution in [0.3, 0.4) is 0 Å². The lowest BCUT2D eigenvalue weighted by molar-refractivity contribution is -0.144. The highest BCUT2D eigenvalue weighted by molar-refractivity contribution is 7.98. The van der Waals surface area contributed by atoms with E-state index in [1.165, 1.54) is 21.6 Å². The molecule has 0 unspecified atom stereocenters. The number of nitrogens with one attached hydrogen (secondary N) is 8. The Morgan fingerprint density at radius 3 is 1.51 bits per heavy atom. The highest BCUT2D eigenvalue weighted by Gasteiger charge is 2.42. The number of amides is 13. The lowest BCUT2D eigenvalue weighted by Crippen LogP contribution is -2.60. The van der Waals surface area contributed by atoms with Crippen molar-refractivity contribution in [2.45, 2.75) is 183 Å². The molecular formula is C63H98N18O13S. The van der Waals surface area contributed by atoms with Gasteiger partial charge < -0.3 is 92.5 Å². The Morgan fingerprint density at radius 1 is 0.537 bits per heavy atom. The van der Waals surface area contributed by atoms with Crippen molar-refractivity contribution in [1.82, 2.24) is 52.3 Å². The normalized spacial score (nSPS) is 16.8. The molecule has 2 aromatic carbocycles. The smallest absolute Gasteiger partial charge is 0.245 e. The summed E-state index contributed by atoms with van der Waals surface area (Å²) in [6.45, 7) is 3.86. The number of nitrogens with zero attached hydrogens (tertiary/aromatic N) is 3. The minimum Gasteiger partial charge on any atom is -0.370 e. The number of benzene rings is 2. The Balaban J connectivity index is 1.56. The molecule has 524 valence electrons. The first-order valence-corrected chi connectivity index (χ1v) is 33.6. The van der Waals surface area contributed by atoms with Crippen LogP contribution >= 0.6 is 11.8 Å². The molecule has 13 amide bonds. The minimum atomic E-state index is -1.64. The summed E-state index contributed by atoms with van der Waals surface area (Å²) in [7, 11) is 0. The summed E-state index contributed by atoms with van der Waals surface area (Å²) in [6, 6.07) is 4.51. The first kappa shape index (κ1) is 78.5. The summed E-state index contributed by atoms with van der Waals surface area (Å²) >= 11 is 1.45.